The Hall–Kier alpha value is -0.910. The minimum atomic E-state index is -3.66. The van der Waals surface area contributed by atoms with E-state index in [1.807, 2.05) is 12.1 Å². The van der Waals surface area contributed by atoms with Crippen LogP contribution in [0.2, 0.25) is 0 Å². The van der Waals surface area contributed by atoms with Crippen LogP contribution < -0.4 is 5.14 Å². The van der Waals surface area contributed by atoms with Crippen molar-refractivity contribution in [3.05, 3.63) is 40.9 Å². The Morgan fingerprint density at radius 2 is 1.87 bits per heavy atom. The normalized spacial score (nSPS) is 11.9. The first-order valence-electron chi connectivity index (χ1n) is 4.19. The molecule has 15 heavy (non-hydrogen) atoms. The van der Waals surface area contributed by atoms with E-state index in [4.69, 9.17) is 5.14 Å². The van der Waals surface area contributed by atoms with Crippen LogP contribution in [-0.2, 0) is 10.0 Å². The molecule has 0 unspecified atom stereocenters. The number of hydrogen-bond acceptors (Lipinski definition) is 2. The van der Waals surface area contributed by atoms with Crippen LogP contribution >= 0.6 is 15.9 Å². The van der Waals surface area contributed by atoms with Crippen LogP contribution in [0.5, 0.6) is 0 Å². The molecule has 2 rings (SSSR count). The van der Waals surface area contributed by atoms with Crippen LogP contribution in [0.1, 0.15) is 0 Å². The standard InChI is InChI=1S/C10H8BrNO2S/c11-8-4-5-9-7(6-8)2-1-3-10(9)15(12,13)14/h1-6H,(H2,12,13,14). The van der Waals surface area contributed by atoms with E-state index in [-0.39, 0.29) is 4.90 Å². The number of primary sulfonamides is 1. The van der Waals surface area contributed by atoms with Gasteiger partial charge in [0.05, 0.1) is 4.90 Å². The van der Waals surface area contributed by atoms with Crippen molar-refractivity contribution in [2.24, 2.45) is 5.14 Å². The highest BCUT2D eigenvalue weighted by Gasteiger charge is 2.11. The highest BCUT2D eigenvalue weighted by Crippen LogP contribution is 2.24. The Labute approximate surface area is 96.1 Å². The summed E-state index contributed by atoms with van der Waals surface area (Å²) < 4.78 is 23.5. The second-order valence-electron chi connectivity index (χ2n) is 3.17. The van der Waals surface area contributed by atoms with Gasteiger partial charge in [-0.15, -0.1) is 0 Å². The quantitative estimate of drug-likeness (QED) is 0.874. The monoisotopic (exact) mass is 285 g/mol. The third kappa shape index (κ3) is 2.04. The average Bonchev–Trinajstić information content (AvgIpc) is 2.15. The lowest BCUT2D eigenvalue weighted by molar-refractivity contribution is 0.598. The van der Waals surface area contributed by atoms with Crippen molar-refractivity contribution in [2.75, 3.05) is 0 Å². The fraction of sp³-hybridized carbons (Fsp3) is 0. The van der Waals surface area contributed by atoms with Crippen molar-refractivity contribution < 1.29 is 8.42 Å². The third-order valence-electron chi connectivity index (χ3n) is 2.11. The molecule has 0 saturated heterocycles. The molecular formula is C10H8BrNO2S. The molecule has 0 aliphatic carbocycles. The van der Waals surface area contributed by atoms with E-state index in [1.54, 1.807) is 18.2 Å². The van der Waals surface area contributed by atoms with E-state index in [2.05, 4.69) is 15.9 Å². The zero-order chi connectivity index (χ0) is 11.1. The summed E-state index contributed by atoms with van der Waals surface area (Å²) in [6.07, 6.45) is 0. The Balaban J connectivity index is 2.89. The smallest absolute Gasteiger partial charge is 0.225 e. The van der Waals surface area contributed by atoms with Crippen molar-refractivity contribution in [1.29, 1.82) is 0 Å². The SMILES string of the molecule is NS(=O)(=O)c1cccc2cc(Br)ccc12. The molecule has 5 heteroatoms. The summed E-state index contributed by atoms with van der Waals surface area (Å²) >= 11 is 3.33. The van der Waals surface area contributed by atoms with Crippen LogP contribution in [0, 0.1) is 0 Å². The topological polar surface area (TPSA) is 60.2 Å². The minimum Gasteiger partial charge on any atom is -0.225 e. The summed E-state index contributed by atoms with van der Waals surface area (Å²) in [5.41, 5.74) is 0. The van der Waals surface area contributed by atoms with Crippen LogP contribution in [0.3, 0.4) is 0 Å². The molecule has 0 aromatic heterocycles. The molecule has 2 N–H and O–H groups in total. The van der Waals surface area contributed by atoms with E-state index >= 15 is 0 Å². The predicted octanol–water partition coefficient (Wildman–Crippen LogP) is 2.25. The number of benzene rings is 2. The lowest BCUT2D eigenvalue weighted by atomic mass is 10.1. The Kier molecular flexibility index (Phi) is 2.54. The number of halogens is 1. The van der Waals surface area contributed by atoms with Crippen molar-refractivity contribution in [2.45, 2.75) is 4.90 Å². The summed E-state index contributed by atoms with van der Waals surface area (Å²) in [6, 6.07) is 10.4. The summed E-state index contributed by atoms with van der Waals surface area (Å²) in [6.45, 7) is 0. The van der Waals surface area contributed by atoms with Crippen LogP contribution in [0.4, 0.5) is 0 Å². The maximum absolute atomic E-state index is 11.3. The van der Waals surface area contributed by atoms with Crippen molar-refractivity contribution >= 4 is 36.7 Å². The van der Waals surface area contributed by atoms with Crippen molar-refractivity contribution in [1.82, 2.24) is 0 Å². The van der Waals surface area contributed by atoms with E-state index in [1.165, 1.54) is 6.07 Å². The molecule has 2 aromatic carbocycles. The molecule has 2 aromatic rings. The van der Waals surface area contributed by atoms with Gasteiger partial charge in [0.25, 0.3) is 0 Å². The molecule has 0 atom stereocenters. The largest absolute Gasteiger partial charge is 0.238 e. The second-order valence-corrected chi connectivity index (χ2v) is 5.61. The number of sulfonamides is 1. The van der Waals surface area contributed by atoms with E-state index < -0.39 is 10.0 Å². The summed E-state index contributed by atoms with van der Waals surface area (Å²) in [4.78, 5) is 0.160. The minimum absolute atomic E-state index is 0.160. The maximum atomic E-state index is 11.3. The van der Waals surface area contributed by atoms with Gasteiger partial charge in [0.2, 0.25) is 10.0 Å². The van der Waals surface area contributed by atoms with Gasteiger partial charge in [0, 0.05) is 9.86 Å². The van der Waals surface area contributed by atoms with E-state index in [9.17, 15) is 8.42 Å². The fourth-order valence-electron chi connectivity index (χ4n) is 1.47. The second kappa shape index (κ2) is 3.59. The van der Waals surface area contributed by atoms with Gasteiger partial charge in [0.1, 0.15) is 0 Å². The van der Waals surface area contributed by atoms with Gasteiger partial charge in [-0.25, -0.2) is 13.6 Å². The van der Waals surface area contributed by atoms with Crippen LogP contribution in [-0.4, -0.2) is 8.42 Å². The average molecular weight is 286 g/mol. The molecule has 0 fully saturated rings. The Bertz CT molecular complexity index is 622. The summed E-state index contributed by atoms with van der Waals surface area (Å²) in [5, 5.41) is 6.61. The fourth-order valence-corrected chi connectivity index (χ4v) is 2.61. The van der Waals surface area contributed by atoms with Crippen LogP contribution in [0.15, 0.2) is 45.8 Å². The lowest BCUT2D eigenvalue weighted by Crippen LogP contribution is -2.12. The van der Waals surface area contributed by atoms with Gasteiger partial charge < -0.3 is 0 Å². The molecule has 3 nitrogen and oxygen atoms in total. The van der Waals surface area contributed by atoms with Gasteiger partial charge in [-0.3, -0.25) is 0 Å². The summed E-state index contributed by atoms with van der Waals surface area (Å²) in [7, 11) is -3.66. The number of hydrogen-bond donors (Lipinski definition) is 1. The lowest BCUT2D eigenvalue weighted by Gasteiger charge is -2.04. The predicted molar refractivity (Wildman–Crippen MR) is 63.0 cm³/mol. The highest BCUT2D eigenvalue weighted by atomic mass is 79.9. The van der Waals surface area contributed by atoms with Gasteiger partial charge in [-0.05, 0) is 23.6 Å². The first kappa shape index (κ1) is 10.6. The first-order chi connectivity index (χ1) is 6.98. The van der Waals surface area contributed by atoms with Gasteiger partial charge in [-0.2, -0.15) is 0 Å². The van der Waals surface area contributed by atoms with Crippen molar-refractivity contribution in [3.63, 3.8) is 0 Å². The molecule has 0 aliphatic heterocycles. The van der Waals surface area contributed by atoms with Gasteiger partial charge in [-0.1, -0.05) is 34.1 Å². The third-order valence-corrected chi connectivity index (χ3v) is 3.57. The Morgan fingerprint density at radius 3 is 2.53 bits per heavy atom. The first-order valence-corrected chi connectivity index (χ1v) is 6.53. The molecule has 0 spiro atoms. The molecular weight excluding hydrogens is 278 g/mol. The number of nitrogens with two attached hydrogens (primary N) is 1. The molecule has 0 radical (unpaired) electrons. The molecule has 0 aliphatic rings. The van der Waals surface area contributed by atoms with E-state index in [0.717, 1.165) is 9.86 Å². The Morgan fingerprint density at radius 1 is 1.13 bits per heavy atom. The molecule has 78 valence electrons. The van der Waals surface area contributed by atoms with Gasteiger partial charge in [0.15, 0.2) is 0 Å². The molecule has 0 heterocycles. The zero-order valence-electron chi connectivity index (χ0n) is 7.64. The summed E-state index contributed by atoms with van der Waals surface area (Å²) in [5.74, 6) is 0. The molecule has 0 saturated carbocycles. The maximum Gasteiger partial charge on any atom is 0.238 e. The highest BCUT2D eigenvalue weighted by molar-refractivity contribution is 9.10. The number of fused-ring (bicyclic) bond motifs is 1. The van der Waals surface area contributed by atoms with Crippen LogP contribution in [0.25, 0.3) is 10.8 Å². The van der Waals surface area contributed by atoms with E-state index in [0.29, 0.717) is 5.39 Å². The molecule has 0 amide bonds. The number of rotatable bonds is 1. The molecule has 0 bridgehead atoms. The van der Waals surface area contributed by atoms with Crippen molar-refractivity contribution in [3.8, 4) is 0 Å². The zero-order valence-corrected chi connectivity index (χ0v) is 10.0. The van der Waals surface area contributed by atoms with Gasteiger partial charge >= 0.3 is 0 Å².